The molecule has 1 aliphatic rings. The highest BCUT2D eigenvalue weighted by Gasteiger charge is 2.26. The first-order valence-electron chi connectivity index (χ1n) is 7.72. The van der Waals surface area contributed by atoms with Crippen LogP contribution in [-0.4, -0.2) is 21.4 Å². The second-order valence-corrected chi connectivity index (χ2v) is 8.56. The number of amides is 1. The number of sulfonamides is 1. The molecule has 0 atom stereocenters. The molecule has 136 valence electrons. The normalized spacial score (nSPS) is 13.2. The van der Waals surface area contributed by atoms with Crippen LogP contribution < -0.4 is 14.8 Å². The smallest absolute Gasteiger partial charge is 0.265 e. The molecule has 2 aromatic rings. The molecule has 0 saturated heterocycles. The minimum Gasteiger partial charge on any atom is -0.495 e. The van der Waals surface area contributed by atoms with Crippen LogP contribution in [0.15, 0.2) is 51.3 Å². The Labute approximate surface area is 160 Å². The van der Waals surface area contributed by atoms with E-state index < -0.39 is 10.0 Å². The van der Waals surface area contributed by atoms with Gasteiger partial charge in [-0.25, -0.2) is 8.42 Å². The first-order chi connectivity index (χ1) is 12.2. The van der Waals surface area contributed by atoms with Crippen LogP contribution in [0.3, 0.4) is 0 Å². The first-order valence-corrected chi connectivity index (χ1v) is 10.00. The van der Waals surface area contributed by atoms with Crippen LogP contribution in [-0.2, 0) is 14.8 Å². The highest BCUT2D eigenvalue weighted by Crippen LogP contribution is 2.36. The molecule has 3 rings (SSSR count). The summed E-state index contributed by atoms with van der Waals surface area (Å²) in [6.07, 6.45) is 0. The number of hydrogen-bond donors (Lipinski definition) is 2. The van der Waals surface area contributed by atoms with Gasteiger partial charge in [-0.3, -0.25) is 9.52 Å². The van der Waals surface area contributed by atoms with E-state index in [2.05, 4.69) is 26.0 Å². The number of benzene rings is 2. The summed E-state index contributed by atoms with van der Waals surface area (Å²) in [5, 5.41) is 2.78. The van der Waals surface area contributed by atoms with Crippen LogP contribution >= 0.6 is 15.9 Å². The maximum atomic E-state index is 12.8. The molecule has 8 heteroatoms. The Morgan fingerprint density at radius 2 is 1.88 bits per heavy atom. The summed E-state index contributed by atoms with van der Waals surface area (Å²) < 4.78 is 33.9. The molecule has 1 amide bonds. The average Bonchev–Trinajstić information content (AvgIpc) is 2.89. The summed E-state index contributed by atoms with van der Waals surface area (Å²) in [7, 11) is -2.46. The first kappa shape index (κ1) is 18.5. The van der Waals surface area contributed by atoms with Crippen molar-refractivity contribution in [2.45, 2.75) is 18.7 Å². The fourth-order valence-electron chi connectivity index (χ4n) is 2.80. The molecule has 26 heavy (non-hydrogen) atoms. The second-order valence-electron chi connectivity index (χ2n) is 5.99. The third-order valence-corrected chi connectivity index (χ3v) is 5.83. The molecule has 2 aromatic carbocycles. The van der Waals surface area contributed by atoms with Crippen molar-refractivity contribution in [3.63, 3.8) is 0 Å². The summed E-state index contributed by atoms with van der Waals surface area (Å²) in [4.78, 5) is 12.1. The van der Waals surface area contributed by atoms with Gasteiger partial charge in [0, 0.05) is 27.0 Å². The van der Waals surface area contributed by atoms with E-state index in [0.29, 0.717) is 27.0 Å². The molecular formula is C18H17BrN2O4S. The van der Waals surface area contributed by atoms with Crippen molar-refractivity contribution in [3.05, 3.63) is 52.0 Å². The summed E-state index contributed by atoms with van der Waals surface area (Å²) >= 11 is 3.27. The van der Waals surface area contributed by atoms with E-state index in [1.807, 2.05) is 13.8 Å². The lowest BCUT2D eigenvalue weighted by Crippen LogP contribution is -2.14. The predicted molar refractivity (Wildman–Crippen MR) is 105 cm³/mol. The summed E-state index contributed by atoms with van der Waals surface area (Å²) in [5.41, 5.74) is 3.11. The number of allylic oxidation sites excluding steroid dienone is 1. The minimum atomic E-state index is -3.87. The molecule has 1 aliphatic heterocycles. The van der Waals surface area contributed by atoms with Crippen LogP contribution in [0.25, 0.3) is 5.57 Å². The van der Waals surface area contributed by atoms with Gasteiger partial charge in [0.25, 0.3) is 15.9 Å². The van der Waals surface area contributed by atoms with Gasteiger partial charge in [-0.05, 0) is 50.2 Å². The zero-order valence-electron chi connectivity index (χ0n) is 14.4. The highest BCUT2D eigenvalue weighted by molar-refractivity contribution is 9.10. The third-order valence-electron chi connectivity index (χ3n) is 3.93. The molecule has 1 heterocycles. The molecule has 0 saturated carbocycles. The van der Waals surface area contributed by atoms with Gasteiger partial charge in [0.1, 0.15) is 10.6 Å². The molecular weight excluding hydrogens is 420 g/mol. The third kappa shape index (κ3) is 3.34. The number of anilines is 2. The van der Waals surface area contributed by atoms with Crippen molar-refractivity contribution in [2.24, 2.45) is 0 Å². The molecule has 0 unspecified atom stereocenters. The Kier molecular flexibility index (Phi) is 4.81. The van der Waals surface area contributed by atoms with Crippen molar-refractivity contribution in [1.82, 2.24) is 0 Å². The van der Waals surface area contributed by atoms with Crippen molar-refractivity contribution >= 4 is 48.8 Å². The Bertz CT molecular complexity index is 1040. The van der Waals surface area contributed by atoms with E-state index in [0.717, 1.165) is 5.57 Å². The van der Waals surface area contributed by atoms with Crippen molar-refractivity contribution in [2.75, 3.05) is 17.1 Å². The molecule has 0 radical (unpaired) electrons. The Hall–Kier alpha value is -2.32. The topological polar surface area (TPSA) is 84.5 Å². The maximum absolute atomic E-state index is 12.8. The number of fused-ring (bicyclic) bond motifs is 1. The number of nitrogens with one attached hydrogen (secondary N) is 2. The highest BCUT2D eigenvalue weighted by atomic mass is 79.9. The number of rotatable bonds is 4. The van der Waals surface area contributed by atoms with Gasteiger partial charge in [-0.1, -0.05) is 21.5 Å². The van der Waals surface area contributed by atoms with Crippen LogP contribution in [0.5, 0.6) is 5.75 Å². The van der Waals surface area contributed by atoms with Crippen LogP contribution in [0, 0.1) is 0 Å². The number of hydrogen-bond acceptors (Lipinski definition) is 4. The van der Waals surface area contributed by atoms with Crippen molar-refractivity contribution in [1.29, 1.82) is 0 Å². The Morgan fingerprint density at radius 3 is 2.54 bits per heavy atom. The number of halogens is 1. The van der Waals surface area contributed by atoms with Crippen LogP contribution in [0.4, 0.5) is 11.4 Å². The molecule has 0 aliphatic carbocycles. The summed E-state index contributed by atoms with van der Waals surface area (Å²) in [6.45, 7) is 3.68. The van der Waals surface area contributed by atoms with E-state index in [9.17, 15) is 13.2 Å². The SMILES string of the molecule is COc1ccc(Br)cc1S(=O)(=O)Nc1ccc2c(c1)C(=C(C)C)C(=O)N2. The summed E-state index contributed by atoms with van der Waals surface area (Å²) in [5.74, 6) is 0.0531. The van der Waals surface area contributed by atoms with Crippen molar-refractivity contribution < 1.29 is 17.9 Å². The van der Waals surface area contributed by atoms with Gasteiger partial charge < -0.3 is 10.1 Å². The number of carbonyl (C=O) groups excluding carboxylic acids is 1. The molecule has 0 fully saturated rings. The van der Waals surface area contributed by atoms with Crippen molar-refractivity contribution in [3.8, 4) is 5.75 Å². The van der Waals surface area contributed by atoms with Gasteiger partial charge in [0.2, 0.25) is 0 Å². The van der Waals surface area contributed by atoms with Gasteiger partial charge >= 0.3 is 0 Å². The quantitative estimate of drug-likeness (QED) is 0.709. The van der Waals surface area contributed by atoms with E-state index in [4.69, 9.17) is 4.74 Å². The van der Waals surface area contributed by atoms with Gasteiger partial charge in [-0.15, -0.1) is 0 Å². The lowest BCUT2D eigenvalue weighted by Gasteiger charge is -2.13. The number of methoxy groups -OCH3 is 1. The molecule has 6 nitrogen and oxygen atoms in total. The predicted octanol–water partition coefficient (Wildman–Crippen LogP) is 4.00. The Balaban J connectivity index is 2.02. The van der Waals surface area contributed by atoms with Crippen LogP contribution in [0.2, 0.25) is 0 Å². The lowest BCUT2D eigenvalue weighted by atomic mass is 10.0. The standard InChI is InChI=1S/C18H17BrN2O4S/c1-10(2)17-13-9-12(5-6-14(13)20-18(17)22)21-26(23,24)16-8-11(19)4-7-15(16)25-3/h4-9,21H,1-3H3,(H,20,22). The molecule has 2 N–H and O–H groups in total. The van der Waals surface area contributed by atoms with Gasteiger partial charge in [0.05, 0.1) is 7.11 Å². The monoisotopic (exact) mass is 436 g/mol. The Morgan fingerprint density at radius 1 is 1.15 bits per heavy atom. The number of carbonyl (C=O) groups is 1. The van der Waals surface area contributed by atoms with E-state index >= 15 is 0 Å². The lowest BCUT2D eigenvalue weighted by molar-refractivity contribution is -0.110. The van der Waals surface area contributed by atoms with E-state index in [-0.39, 0.29) is 16.6 Å². The van der Waals surface area contributed by atoms with E-state index in [1.54, 1.807) is 30.3 Å². The average molecular weight is 437 g/mol. The van der Waals surface area contributed by atoms with E-state index in [1.165, 1.54) is 13.2 Å². The fraction of sp³-hybridized carbons (Fsp3) is 0.167. The number of ether oxygens (including phenoxy) is 1. The minimum absolute atomic E-state index is 0.0199. The largest absolute Gasteiger partial charge is 0.495 e. The van der Waals surface area contributed by atoms with Gasteiger partial charge in [-0.2, -0.15) is 0 Å². The zero-order valence-corrected chi connectivity index (χ0v) is 16.8. The zero-order chi connectivity index (χ0) is 19.1. The molecule has 0 spiro atoms. The second kappa shape index (κ2) is 6.77. The molecule has 0 aromatic heterocycles. The fourth-order valence-corrected chi connectivity index (χ4v) is 4.56. The molecule has 0 bridgehead atoms. The van der Waals surface area contributed by atoms with Gasteiger partial charge in [0.15, 0.2) is 0 Å². The summed E-state index contributed by atoms with van der Waals surface area (Å²) in [6, 6.07) is 9.68. The van der Waals surface area contributed by atoms with Crippen LogP contribution in [0.1, 0.15) is 19.4 Å². The maximum Gasteiger partial charge on any atom is 0.265 e.